The van der Waals surface area contributed by atoms with Gasteiger partial charge in [-0.15, -0.1) is 6.58 Å². The van der Waals surface area contributed by atoms with Crippen LogP contribution in [0.2, 0.25) is 0 Å². The van der Waals surface area contributed by atoms with E-state index < -0.39 is 35.2 Å². The van der Waals surface area contributed by atoms with E-state index in [-0.39, 0.29) is 46.2 Å². The lowest BCUT2D eigenvalue weighted by Crippen LogP contribution is -2.60. The van der Waals surface area contributed by atoms with E-state index in [9.17, 15) is 38.7 Å². The number of amides is 1. The zero-order chi connectivity index (χ0) is 62.9. The van der Waals surface area contributed by atoms with Crippen LogP contribution in [0.5, 0.6) is 0 Å². The Hall–Kier alpha value is -6.09. The van der Waals surface area contributed by atoms with Crippen molar-refractivity contribution in [3.8, 4) is 0 Å². The van der Waals surface area contributed by atoms with Gasteiger partial charge in [-0.25, -0.2) is 28.8 Å². The van der Waals surface area contributed by atoms with Gasteiger partial charge in [0.25, 0.3) is 5.91 Å². The number of ether oxygens (including phenoxy) is 5. The third-order valence-corrected chi connectivity index (χ3v) is 20.1. The highest BCUT2D eigenvalue weighted by atomic mass is 16.6. The average molecular weight is 1190 g/mol. The first-order valence-electron chi connectivity index (χ1n) is 31.9. The number of hydrogen-bond acceptors (Lipinski definition) is 13. The molecule has 14 aliphatic rings. The van der Waals surface area contributed by atoms with Crippen molar-refractivity contribution in [3.05, 3.63) is 103 Å². The summed E-state index contributed by atoms with van der Waals surface area (Å²) in [5, 5.41) is 21.7. The van der Waals surface area contributed by atoms with Gasteiger partial charge in [0.2, 0.25) is 6.10 Å². The Labute approximate surface area is 511 Å². The highest BCUT2D eigenvalue weighted by Gasteiger charge is 2.60. The lowest BCUT2D eigenvalue weighted by molar-refractivity contribution is -0.217. The van der Waals surface area contributed by atoms with Gasteiger partial charge in [-0.05, 0) is 234 Å². The number of cyclic esters (lactones) is 1. The van der Waals surface area contributed by atoms with Crippen molar-refractivity contribution in [2.75, 3.05) is 11.9 Å². The monoisotopic (exact) mass is 1190 g/mol. The Balaban J connectivity index is 0.000000150. The summed E-state index contributed by atoms with van der Waals surface area (Å²) in [6.45, 7) is 32.6. The van der Waals surface area contributed by atoms with E-state index in [1.165, 1.54) is 108 Å². The Bertz CT molecular complexity index is 2680. The highest BCUT2D eigenvalue weighted by molar-refractivity contribution is 6.03. The van der Waals surface area contributed by atoms with Gasteiger partial charge in [0.1, 0.15) is 16.8 Å². The average Bonchev–Trinajstić information content (AvgIpc) is 0.844. The van der Waals surface area contributed by atoms with Crippen molar-refractivity contribution in [3.63, 3.8) is 0 Å². The van der Waals surface area contributed by atoms with E-state index in [0.29, 0.717) is 65.2 Å². The van der Waals surface area contributed by atoms with Crippen LogP contribution in [-0.2, 0) is 52.5 Å². The SMILES string of the molecule is C=C(C)C(=O)Nc1ccc(C(=O)O)cc1.C=C(C)C(=O)OC12CC3CC(CC(C3)C1)C2.C=C(C)C(=O)OC12CC3CC(CC(C3)C1CC)C2.C=C(C)C(=O)OC12CC3CC(CC(O)(C3)C1)C2.C=C(C)C(=O)OC1CCOC1=O.C=CC1CCCCC1. The Morgan fingerprint density at radius 2 is 1.05 bits per heavy atom. The number of benzene rings is 1. The number of anilines is 1. The molecule has 6 atom stereocenters. The van der Waals surface area contributed by atoms with E-state index >= 15 is 0 Å². The number of carbonyl (C=O) groups is 7. The Morgan fingerprint density at radius 1 is 0.593 bits per heavy atom. The molecule has 14 fully saturated rings. The number of carboxylic acids is 1. The molecule has 472 valence electrons. The van der Waals surface area contributed by atoms with Crippen molar-refractivity contribution in [1.82, 2.24) is 0 Å². The van der Waals surface area contributed by atoms with Crippen LogP contribution in [0, 0.1) is 59.2 Å². The molecule has 15 nitrogen and oxygen atoms in total. The normalized spacial score (nSPS) is 33.8. The molecule has 13 saturated carbocycles. The first-order valence-corrected chi connectivity index (χ1v) is 31.9. The van der Waals surface area contributed by atoms with Gasteiger partial charge < -0.3 is 39.2 Å². The van der Waals surface area contributed by atoms with Crippen LogP contribution in [-0.4, -0.2) is 87.1 Å². The molecule has 0 aromatic heterocycles. The maximum absolute atomic E-state index is 12.0. The minimum Gasteiger partial charge on any atom is -0.478 e. The molecule has 1 aliphatic heterocycles. The molecular formula is C71H99NO14. The van der Waals surface area contributed by atoms with E-state index in [4.69, 9.17) is 24.1 Å². The predicted molar refractivity (Wildman–Crippen MR) is 330 cm³/mol. The molecule has 13 aliphatic carbocycles. The summed E-state index contributed by atoms with van der Waals surface area (Å²) in [4.78, 5) is 78.9. The van der Waals surface area contributed by atoms with E-state index in [2.05, 4.69) is 62.5 Å². The summed E-state index contributed by atoms with van der Waals surface area (Å²) in [6.07, 6.45) is 29.4. The van der Waals surface area contributed by atoms with Gasteiger partial charge in [0, 0.05) is 52.3 Å². The van der Waals surface area contributed by atoms with Crippen molar-refractivity contribution in [1.29, 1.82) is 0 Å². The second-order valence-electron chi connectivity index (χ2n) is 28.0. The van der Waals surface area contributed by atoms with Gasteiger partial charge in [-0.3, -0.25) is 4.79 Å². The number of carboxylic acid groups (broad SMARTS) is 1. The zero-order valence-corrected chi connectivity index (χ0v) is 52.5. The summed E-state index contributed by atoms with van der Waals surface area (Å²) >= 11 is 0. The summed E-state index contributed by atoms with van der Waals surface area (Å²) in [7, 11) is 0. The number of carbonyl (C=O) groups excluding carboxylic acids is 6. The largest absolute Gasteiger partial charge is 0.478 e. The van der Waals surface area contributed by atoms with Crippen molar-refractivity contribution in [2.45, 2.75) is 224 Å². The summed E-state index contributed by atoms with van der Waals surface area (Å²) in [6, 6.07) is 5.92. The first kappa shape index (κ1) is 67.4. The second kappa shape index (κ2) is 28.8. The number of esters is 5. The molecule has 12 bridgehead atoms. The molecule has 86 heavy (non-hydrogen) atoms. The standard InChI is InChI=1S/C16H24O2.C14H20O3.C14H20O2.C11H11NO3.C8H10O4.C8H14/c1-4-14-13-6-11-5-12(7-13)9-16(14,8-11)18-15(17)10(2)3;1-9(2)12(15)17-14-6-10-3-11(7-14)5-13(16,4-10)8-14;1-9(2)13(15)16-14-6-10-3-11(7-14)5-12(4-10)8-14;1-7(2)10(13)12-9-5-3-8(4-6-9)11(14)15;1-5(2)7(9)12-6-3-4-11-8(6)10;1-2-8-6-4-3-5-7-8/h11-14H,2,4-9H2,1,3H3;10-11,16H,1,3-8H2,2H3;10-12H,1,3-8H2,2H3;3-6H,1H2,2H3,(H,12,13)(H,14,15);6H,1,3-4H2,2H3;2,8H,1,3-7H2. The second-order valence-corrected chi connectivity index (χ2v) is 28.0. The fourth-order valence-corrected chi connectivity index (χ4v) is 17.3. The van der Waals surface area contributed by atoms with Gasteiger partial charge in [0.05, 0.1) is 17.8 Å². The fourth-order valence-electron chi connectivity index (χ4n) is 17.3. The third-order valence-electron chi connectivity index (χ3n) is 20.1. The number of nitrogens with one attached hydrogen (secondary N) is 1. The van der Waals surface area contributed by atoms with Crippen LogP contribution < -0.4 is 5.32 Å². The van der Waals surface area contributed by atoms with E-state index in [1.54, 1.807) is 27.7 Å². The fraction of sp³-hybridized carbons (Fsp3) is 0.648. The topological polar surface area (TPSA) is 218 Å². The van der Waals surface area contributed by atoms with Gasteiger partial charge in [-0.1, -0.05) is 65.2 Å². The zero-order valence-electron chi connectivity index (χ0n) is 52.5. The molecule has 1 aromatic carbocycles. The molecule has 15 heteroatoms. The predicted octanol–water partition coefficient (Wildman–Crippen LogP) is 14.0. The number of allylic oxidation sites excluding steroid dienone is 1. The molecule has 15 rings (SSSR count). The molecule has 1 aromatic rings. The number of hydrogen-bond donors (Lipinski definition) is 3. The highest BCUT2D eigenvalue weighted by Crippen LogP contribution is 2.62. The molecular weight excluding hydrogens is 1090 g/mol. The van der Waals surface area contributed by atoms with Crippen molar-refractivity contribution in [2.24, 2.45) is 59.2 Å². The molecule has 6 unspecified atom stereocenters. The van der Waals surface area contributed by atoms with Crippen LogP contribution in [0.4, 0.5) is 5.69 Å². The molecule has 0 radical (unpaired) electrons. The first-order chi connectivity index (χ1) is 40.5. The minimum absolute atomic E-state index is 0.106. The third kappa shape index (κ3) is 17.6. The van der Waals surface area contributed by atoms with Gasteiger partial charge in [0.15, 0.2) is 0 Å². The summed E-state index contributed by atoms with van der Waals surface area (Å²) < 4.78 is 26.8. The summed E-state index contributed by atoms with van der Waals surface area (Å²) in [5.74, 6) is 4.49. The maximum atomic E-state index is 12.0. The van der Waals surface area contributed by atoms with E-state index in [0.717, 1.165) is 106 Å². The van der Waals surface area contributed by atoms with Gasteiger partial charge >= 0.3 is 35.8 Å². The molecule has 1 saturated heterocycles. The lowest BCUT2D eigenvalue weighted by Gasteiger charge is -2.60. The van der Waals surface area contributed by atoms with Crippen LogP contribution in [0.1, 0.15) is 206 Å². The quantitative estimate of drug-likeness (QED) is 0.0724. The maximum Gasteiger partial charge on any atom is 0.347 e. The number of rotatable bonds is 13. The Kier molecular flexibility index (Phi) is 22.6. The van der Waals surface area contributed by atoms with Crippen molar-refractivity contribution < 1.29 is 67.5 Å². The summed E-state index contributed by atoms with van der Waals surface area (Å²) in [5.41, 5.74) is 1.74. The van der Waals surface area contributed by atoms with Gasteiger partial charge in [-0.2, -0.15) is 0 Å². The van der Waals surface area contributed by atoms with E-state index in [1.807, 2.05) is 0 Å². The minimum atomic E-state index is -0.993. The van der Waals surface area contributed by atoms with Crippen LogP contribution in [0.15, 0.2) is 97.7 Å². The van der Waals surface area contributed by atoms with Crippen LogP contribution in [0.3, 0.4) is 0 Å². The molecule has 3 N–H and O–H groups in total. The lowest BCUT2D eigenvalue weighted by atomic mass is 9.49. The molecule has 1 amide bonds. The number of aliphatic hydroxyl groups is 1. The number of aromatic carboxylic acids is 1. The molecule has 0 spiro atoms. The van der Waals surface area contributed by atoms with Crippen LogP contribution in [0.25, 0.3) is 0 Å². The smallest absolute Gasteiger partial charge is 0.347 e. The van der Waals surface area contributed by atoms with Crippen molar-refractivity contribution >= 4 is 47.4 Å². The Morgan fingerprint density at radius 3 is 1.45 bits per heavy atom. The van der Waals surface area contributed by atoms with Crippen LogP contribution >= 0.6 is 0 Å². The molecule has 1 heterocycles.